The van der Waals surface area contributed by atoms with E-state index < -0.39 is 0 Å². The summed E-state index contributed by atoms with van der Waals surface area (Å²) in [6, 6.07) is 12.7. The van der Waals surface area contributed by atoms with E-state index in [1.807, 2.05) is 44.2 Å². The van der Waals surface area contributed by atoms with Gasteiger partial charge in [-0.3, -0.25) is 9.69 Å². The molecule has 160 valence electrons. The molecule has 0 aliphatic carbocycles. The van der Waals surface area contributed by atoms with Crippen molar-refractivity contribution in [3.8, 4) is 11.5 Å². The molecule has 2 aliphatic heterocycles. The highest BCUT2D eigenvalue weighted by Gasteiger charge is 2.27. The Kier molecular flexibility index (Phi) is 6.08. The molecule has 0 spiro atoms. The van der Waals surface area contributed by atoms with Crippen molar-refractivity contribution in [2.45, 2.75) is 19.9 Å². The summed E-state index contributed by atoms with van der Waals surface area (Å²) in [7, 11) is 0. The second kappa shape index (κ2) is 8.92. The third kappa shape index (κ3) is 4.51. The summed E-state index contributed by atoms with van der Waals surface area (Å²) in [5, 5.41) is 3.09. The standard InChI is InChI=1S/C23H28FN3O3/c1-16(2)23(28)25-14-20(17-3-8-21-22(13-17)30-15-29-21)27-11-9-26(10-12-27)19-6-4-18(24)5-7-19/h3-8,13,16,20H,9-12,14-15H2,1-2H3,(H,25,28)/t20-/m1/s1. The van der Waals surface area contributed by atoms with Crippen molar-refractivity contribution in [2.75, 3.05) is 44.4 Å². The Hall–Kier alpha value is -2.80. The number of amides is 1. The van der Waals surface area contributed by atoms with Gasteiger partial charge in [-0.15, -0.1) is 0 Å². The maximum absolute atomic E-state index is 13.2. The molecule has 2 aliphatic rings. The Balaban J connectivity index is 1.48. The highest BCUT2D eigenvalue weighted by Crippen LogP contribution is 2.35. The van der Waals surface area contributed by atoms with Crippen molar-refractivity contribution in [3.05, 3.63) is 53.8 Å². The fourth-order valence-electron chi connectivity index (χ4n) is 3.92. The van der Waals surface area contributed by atoms with Crippen LogP contribution < -0.4 is 19.7 Å². The molecule has 0 radical (unpaired) electrons. The van der Waals surface area contributed by atoms with Crippen LogP contribution in [0.25, 0.3) is 0 Å². The zero-order chi connectivity index (χ0) is 21.1. The normalized spacial score (nSPS) is 17.3. The first-order valence-corrected chi connectivity index (χ1v) is 10.4. The molecule has 4 rings (SSSR count). The first-order valence-electron chi connectivity index (χ1n) is 10.4. The molecule has 2 aromatic rings. The van der Waals surface area contributed by atoms with Crippen molar-refractivity contribution < 1.29 is 18.7 Å². The number of carbonyl (C=O) groups excluding carboxylic acids is 1. The third-order valence-electron chi connectivity index (χ3n) is 5.72. The van der Waals surface area contributed by atoms with E-state index in [2.05, 4.69) is 15.1 Å². The molecule has 1 amide bonds. The van der Waals surface area contributed by atoms with E-state index >= 15 is 0 Å². The number of carbonyl (C=O) groups is 1. The quantitative estimate of drug-likeness (QED) is 0.788. The molecule has 1 saturated heterocycles. The van der Waals surface area contributed by atoms with E-state index in [1.54, 1.807) is 0 Å². The van der Waals surface area contributed by atoms with Gasteiger partial charge in [-0.05, 0) is 42.0 Å². The molecule has 0 aromatic heterocycles. The van der Waals surface area contributed by atoms with Gasteiger partial charge in [0.05, 0.1) is 6.04 Å². The van der Waals surface area contributed by atoms with Crippen LogP contribution in [0, 0.1) is 11.7 Å². The van der Waals surface area contributed by atoms with Gasteiger partial charge in [0.15, 0.2) is 11.5 Å². The van der Waals surface area contributed by atoms with Gasteiger partial charge < -0.3 is 19.7 Å². The predicted molar refractivity (Wildman–Crippen MR) is 113 cm³/mol. The minimum atomic E-state index is -0.221. The topological polar surface area (TPSA) is 54.0 Å². The Morgan fingerprint density at radius 3 is 2.43 bits per heavy atom. The van der Waals surface area contributed by atoms with Crippen LogP contribution in [0.3, 0.4) is 0 Å². The minimum Gasteiger partial charge on any atom is -0.454 e. The molecule has 6 nitrogen and oxygen atoms in total. The van der Waals surface area contributed by atoms with Crippen molar-refractivity contribution in [1.82, 2.24) is 10.2 Å². The fraction of sp³-hybridized carbons (Fsp3) is 0.435. The van der Waals surface area contributed by atoms with E-state index in [4.69, 9.17) is 9.47 Å². The number of hydrogen-bond acceptors (Lipinski definition) is 5. The average molecular weight is 413 g/mol. The summed E-state index contributed by atoms with van der Waals surface area (Å²) < 4.78 is 24.2. The minimum absolute atomic E-state index is 0.0394. The van der Waals surface area contributed by atoms with Gasteiger partial charge in [-0.2, -0.15) is 0 Å². The smallest absolute Gasteiger partial charge is 0.231 e. The number of fused-ring (bicyclic) bond motifs is 1. The number of nitrogens with zero attached hydrogens (tertiary/aromatic N) is 2. The predicted octanol–water partition coefficient (Wildman–Crippen LogP) is 3.19. The molecule has 7 heteroatoms. The summed E-state index contributed by atoms with van der Waals surface area (Å²) >= 11 is 0. The Bertz CT molecular complexity index is 880. The number of rotatable bonds is 6. The van der Waals surface area contributed by atoms with Crippen LogP contribution in [0.15, 0.2) is 42.5 Å². The number of benzene rings is 2. The molecule has 30 heavy (non-hydrogen) atoms. The first kappa shape index (κ1) is 20.5. The Labute approximate surface area is 176 Å². The van der Waals surface area contributed by atoms with Gasteiger partial charge in [-0.25, -0.2) is 4.39 Å². The van der Waals surface area contributed by atoms with Crippen molar-refractivity contribution in [1.29, 1.82) is 0 Å². The zero-order valence-electron chi connectivity index (χ0n) is 17.4. The molecular formula is C23H28FN3O3. The Morgan fingerprint density at radius 1 is 1.03 bits per heavy atom. The van der Waals surface area contributed by atoms with Crippen LogP contribution in [0.2, 0.25) is 0 Å². The second-order valence-electron chi connectivity index (χ2n) is 8.03. The summed E-state index contributed by atoms with van der Waals surface area (Å²) in [4.78, 5) is 16.9. The van der Waals surface area contributed by atoms with Gasteiger partial charge in [0.25, 0.3) is 0 Å². The lowest BCUT2D eigenvalue weighted by Gasteiger charge is -2.40. The lowest BCUT2D eigenvalue weighted by atomic mass is 10.0. The van der Waals surface area contributed by atoms with Gasteiger partial charge >= 0.3 is 0 Å². The highest BCUT2D eigenvalue weighted by atomic mass is 19.1. The summed E-state index contributed by atoms with van der Waals surface area (Å²) in [5.74, 6) is 1.27. The number of anilines is 1. The molecule has 0 bridgehead atoms. The summed E-state index contributed by atoms with van der Waals surface area (Å²) in [6.45, 7) is 7.92. The molecule has 0 unspecified atom stereocenters. The van der Waals surface area contributed by atoms with Gasteiger partial charge in [0.1, 0.15) is 5.82 Å². The molecule has 1 atom stereocenters. The van der Waals surface area contributed by atoms with E-state index in [0.29, 0.717) is 6.54 Å². The van der Waals surface area contributed by atoms with Crippen molar-refractivity contribution in [2.24, 2.45) is 5.92 Å². The highest BCUT2D eigenvalue weighted by molar-refractivity contribution is 5.77. The fourth-order valence-corrected chi connectivity index (χ4v) is 3.92. The number of ether oxygens (including phenoxy) is 2. The molecular weight excluding hydrogens is 385 g/mol. The number of piperazine rings is 1. The molecule has 2 heterocycles. The van der Waals surface area contributed by atoms with E-state index in [-0.39, 0.29) is 30.5 Å². The lowest BCUT2D eigenvalue weighted by Crippen LogP contribution is -2.50. The molecule has 0 saturated carbocycles. The zero-order valence-corrected chi connectivity index (χ0v) is 17.4. The van der Waals surface area contributed by atoms with Crippen LogP contribution in [-0.2, 0) is 4.79 Å². The summed E-state index contributed by atoms with van der Waals surface area (Å²) in [5.41, 5.74) is 2.13. The maximum atomic E-state index is 13.2. The number of halogens is 1. The second-order valence-corrected chi connectivity index (χ2v) is 8.03. The monoisotopic (exact) mass is 413 g/mol. The third-order valence-corrected chi connectivity index (χ3v) is 5.72. The van der Waals surface area contributed by atoms with Gasteiger partial charge in [-0.1, -0.05) is 19.9 Å². The van der Waals surface area contributed by atoms with Crippen LogP contribution >= 0.6 is 0 Å². The number of nitrogens with one attached hydrogen (secondary N) is 1. The Morgan fingerprint density at radius 2 is 1.73 bits per heavy atom. The van der Waals surface area contributed by atoms with Crippen LogP contribution in [0.4, 0.5) is 10.1 Å². The number of hydrogen-bond donors (Lipinski definition) is 1. The molecule has 1 fully saturated rings. The van der Waals surface area contributed by atoms with Gasteiger partial charge in [0.2, 0.25) is 12.7 Å². The van der Waals surface area contributed by atoms with E-state index in [9.17, 15) is 9.18 Å². The summed E-state index contributed by atoms with van der Waals surface area (Å²) in [6.07, 6.45) is 0. The maximum Gasteiger partial charge on any atom is 0.231 e. The van der Waals surface area contributed by atoms with E-state index in [0.717, 1.165) is 48.9 Å². The average Bonchev–Trinajstić information content (AvgIpc) is 3.23. The van der Waals surface area contributed by atoms with Crippen LogP contribution in [-0.4, -0.2) is 50.3 Å². The van der Waals surface area contributed by atoms with Crippen molar-refractivity contribution in [3.63, 3.8) is 0 Å². The molecule has 1 N–H and O–H groups in total. The van der Waals surface area contributed by atoms with Crippen molar-refractivity contribution >= 4 is 11.6 Å². The SMILES string of the molecule is CC(C)C(=O)NC[C@H](c1ccc2c(c1)OCO2)N1CCN(c2ccc(F)cc2)CC1. The molecule has 2 aromatic carbocycles. The van der Waals surface area contributed by atoms with Gasteiger partial charge in [0, 0.05) is 44.3 Å². The van der Waals surface area contributed by atoms with Crippen LogP contribution in [0.5, 0.6) is 11.5 Å². The van der Waals surface area contributed by atoms with E-state index in [1.165, 1.54) is 12.1 Å². The largest absolute Gasteiger partial charge is 0.454 e. The lowest BCUT2D eigenvalue weighted by molar-refractivity contribution is -0.124. The van der Waals surface area contributed by atoms with Crippen LogP contribution in [0.1, 0.15) is 25.5 Å². The first-order chi connectivity index (χ1) is 14.5.